The molecule has 5 nitrogen and oxygen atoms in total. The van der Waals surface area contributed by atoms with Crippen LogP contribution in [0.2, 0.25) is 0 Å². The Bertz CT molecular complexity index is 860. The highest BCUT2D eigenvalue weighted by molar-refractivity contribution is 6.07. The number of benzene rings is 1. The van der Waals surface area contributed by atoms with Gasteiger partial charge in [-0.2, -0.15) is 13.2 Å². The second-order valence-electron chi connectivity index (χ2n) is 5.35. The molecule has 3 rings (SSSR count). The van der Waals surface area contributed by atoms with Gasteiger partial charge < -0.3 is 5.32 Å². The maximum Gasteiger partial charge on any atom is 0.417 e. The number of amides is 2. The molecule has 2 heterocycles. The van der Waals surface area contributed by atoms with Crippen molar-refractivity contribution in [1.29, 1.82) is 0 Å². The van der Waals surface area contributed by atoms with Gasteiger partial charge in [0.15, 0.2) is 0 Å². The van der Waals surface area contributed by atoms with Crippen molar-refractivity contribution >= 4 is 29.0 Å². The molecule has 0 spiro atoms. The van der Waals surface area contributed by atoms with Crippen LogP contribution in [-0.2, 0) is 22.2 Å². The molecule has 1 aromatic heterocycles. The molecule has 1 N–H and O–H groups in total. The quantitative estimate of drug-likeness (QED) is 0.865. The number of hydrogen-bond donors (Lipinski definition) is 1. The van der Waals surface area contributed by atoms with E-state index in [1.807, 2.05) is 0 Å². The van der Waals surface area contributed by atoms with Gasteiger partial charge in [0.2, 0.25) is 11.8 Å². The Morgan fingerprint density at radius 3 is 2.64 bits per heavy atom. The highest BCUT2D eigenvalue weighted by Crippen LogP contribution is 2.37. The van der Waals surface area contributed by atoms with Crippen molar-refractivity contribution in [2.24, 2.45) is 0 Å². The molecule has 0 radical (unpaired) electrons. The lowest BCUT2D eigenvalue weighted by molar-refractivity contribution is -0.137. The summed E-state index contributed by atoms with van der Waals surface area (Å²) < 4.78 is 37.9. The number of anilines is 3. The zero-order valence-electron chi connectivity index (χ0n) is 12.8. The van der Waals surface area contributed by atoms with E-state index in [0.29, 0.717) is 23.1 Å². The van der Waals surface area contributed by atoms with Crippen LogP contribution in [0.5, 0.6) is 0 Å². The molecule has 1 aromatic carbocycles. The van der Waals surface area contributed by atoms with E-state index in [1.165, 1.54) is 4.90 Å². The predicted octanol–water partition coefficient (Wildman–Crippen LogP) is 3.45. The number of halogens is 3. The number of carbonyl (C=O) groups is 2. The fourth-order valence-corrected chi connectivity index (χ4v) is 2.53. The number of nitrogens with zero attached hydrogens (tertiary/aromatic N) is 2. The summed E-state index contributed by atoms with van der Waals surface area (Å²) >= 11 is 0. The van der Waals surface area contributed by atoms with Gasteiger partial charge in [0, 0.05) is 11.9 Å². The first-order chi connectivity index (χ1) is 11.8. The monoisotopic (exact) mass is 347 g/mol. The van der Waals surface area contributed by atoms with Crippen LogP contribution >= 0.6 is 0 Å². The van der Waals surface area contributed by atoms with Crippen LogP contribution in [0.4, 0.5) is 30.4 Å². The number of nitrogens with one attached hydrogen (secondary N) is 1. The minimum Gasteiger partial charge on any atom is -0.323 e. The summed E-state index contributed by atoms with van der Waals surface area (Å²) in [6, 6.07) is 6.88. The van der Waals surface area contributed by atoms with Crippen molar-refractivity contribution in [3.05, 3.63) is 60.3 Å². The Morgan fingerprint density at radius 2 is 2.04 bits per heavy atom. The van der Waals surface area contributed by atoms with E-state index >= 15 is 0 Å². The van der Waals surface area contributed by atoms with E-state index < -0.39 is 11.7 Å². The molecule has 0 unspecified atom stereocenters. The van der Waals surface area contributed by atoms with Crippen LogP contribution in [0.3, 0.4) is 0 Å². The van der Waals surface area contributed by atoms with Crippen LogP contribution in [0.15, 0.2) is 49.2 Å². The SMILES string of the molecule is C=CC(=O)Nc1ccc2c(c1)CC(=O)N2c1ccc(C(F)(F)F)cn1. The lowest BCUT2D eigenvalue weighted by Gasteiger charge is -2.17. The van der Waals surface area contributed by atoms with E-state index in [9.17, 15) is 22.8 Å². The molecule has 1 aliphatic heterocycles. The Hall–Kier alpha value is -3.16. The number of pyridine rings is 1. The molecule has 0 aliphatic carbocycles. The van der Waals surface area contributed by atoms with E-state index in [2.05, 4.69) is 16.9 Å². The van der Waals surface area contributed by atoms with Crippen molar-refractivity contribution in [2.45, 2.75) is 12.6 Å². The topological polar surface area (TPSA) is 62.3 Å². The summed E-state index contributed by atoms with van der Waals surface area (Å²) in [6.07, 6.45) is -2.61. The molecule has 25 heavy (non-hydrogen) atoms. The number of carbonyl (C=O) groups excluding carboxylic acids is 2. The molecule has 1 aliphatic rings. The Balaban J connectivity index is 1.91. The molecule has 0 bridgehead atoms. The fraction of sp³-hybridized carbons (Fsp3) is 0.118. The maximum atomic E-state index is 12.6. The molecule has 0 atom stereocenters. The van der Waals surface area contributed by atoms with Crippen molar-refractivity contribution in [1.82, 2.24) is 4.98 Å². The van der Waals surface area contributed by atoms with Crippen molar-refractivity contribution in [3.8, 4) is 0 Å². The molecule has 128 valence electrons. The van der Waals surface area contributed by atoms with Gasteiger partial charge in [-0.1, -0.05) is 6.58 Å². The minimum atomic E-state index is -4.49. The molecular weight excluding hydrogens is 335 g/mol. The van der Waals surface area contributed by atoms with Gasteiger partial charge in [0.1, 0.15) is 5.82 Å². The third-order valence-corrected chi connectivity index (χ3v) is 3.67. The highest BCUT2D eigenvalue weighted by Gasteiger charge is 2.33. The number of alkyl halides is 3. The first kappa shape index (κ1) is 16.7. The summed E-state index contributed by atoms with van der Waals surface area (Å²) in [6.45, 7) is 3.35. The fourth-order valence-electron chi connectivity index (χ4n) is 2.53. The number of aromatic nitrogens is 1. The van der Waals surface area contributed by atoms with Gasteiger partial charge in [-0.3, -0.25) is 14.5 Å². The smallest absolute Gasteiger partial charge is 0.323 e. The normalized spacial score (nSPS) is 13.6. The van der Waals surface area contributed by atoms with Crippen molar-refractivity contribution < 1.29 is 22.8 Å². The lowest BCUT2D eigenvalue weighted by Crippen LogP contribution is -2.22. The third kappa shape index (κ3) is 3.23. The molecular formula is C17H12F3N3O2. The average Bonchev–Trinajstić information content (AvgIpc) is 2.89. The zero-order chi connectivity index (χ0) is 18.2. The maximum absolute atomic E-state index is 12.6. The predicted molar refractivity (Wildman–Crippen MR) is 85.4 cm³/mol. The average molecular weight is 347 g/mol. The highest BCUT2D eigenvalue weighted by atomic mass is 19.4. The van der Waals surface area contributed by atoms with E-state index in [1.54, 1.807) is 18.2 Å². The largest absolute Gasteiger partial charge is 0.417 e. The Kier molecular flexibility index (Phi) is 4.03. The van der Waals surface area contributed by atoms with Gasteiger partial charge in [-0.15, -0.1) is 0 Å². The molecule has 0 saturated heterocycles. The first-order valence-corrected chi connectivity index (χ1v) is 7.22. The second kappa shape index (κ2) is 6.04. The summed E-state index contributed by atoms with van der Waals surface area (Å²) in [5.74, 6) is -0.584. The van der Waals surface area contributed by atoms with Crippen LogP contribution in [0.1, 0.15) is 11.1 Å². The molecule has 0 fully saturated rings. The standard InChI is InChI=1S/C17H12F3N3O2/c1-2-15(24)22-12-4-5-13-10(7-12)8-16(25)23(13)14-6-3-11(9-21-14)17(18,19)20/h2-7,9H,1,8H2,(H,22,24). The van der Waals surface area contributed by atoms with Gasteiger partial charge >= 0.3 is 6.18 Å². The van der Waals surface area contributed by atoms with E-state index in [4.69, 9.17) is 0 Å². The molecule has 8 heteroatoms. The molecule has 2 amide bonds. The van der Waals surface area contributed by atoms with E-state index in [0.717, 1.165) is 18.2 Å². The van der Waals surface area contributed by atoms with Crippen molar-refractivity contribution in [3.63, 3.8) is 0 Å². The first-order valence-electron chi connectivity index (χ1n) is 7.22. The van der Waals surface area contributed by atoms with Gasteiger partial charge in [0.05, 0.1) is 17.7 Å². The van der Waals surface area contributed by atoms with Crippen LogP contribution < -0.4 is 10.2 Å². The molecule has 2 aromatic rings. The van der Waals surface area contributed by atoms with Gasteiger partial charge in [0.25, 0.3) is 0 Å². The Labute approximate surface area is 140 Å². The number of fused-ring (bicyclic) bond motifs is 1. The van der Waals surface area contributed by atoms with Crippen molar-refractivity contribution in [2.75, 3.05) is 10.2 Å². The summed E-state index contributed by atoms with van der Waals surface area (Å²) in [7, 11) is 0. The van der Waals surface area contributed by atoms with Gasteiger partial charge in [-0.25, -0.2) is 4.98 Å². The number of rotatable bonds is 3. The summed E-state index contributed by atoms with van der Waals surface area (Å²) in [4.78, 5) is 28.6. The number of hydrogen-bond acceptors (Lipinski definition) is 3. The zero-order valence-corrected chi connectivity index (χ0v) is 12.8. The molecule has 0 saturated carbocycles. The van der Waals surface area contributed by atoms with Gasteiger partial charge in [-0.05, 0) is 42.0 Å². The lowest BCUT2D eigenvalue weighted by atomic mass is 10.1. The Morgan fingerprint density at radius 1 is 1.28 bits per heavy atom. The summed E-state index contributed by atoms with van der Waals surface area (Å²) in [5.41, 5.74) is 0.784. The van der Waals surface area contributed by atoms with E-state index in [-0.39, 0.29) is 24.1 Å². The van der Waals surface area contributed by atoms with Crippen LogP contribution in [0, 0.1) is 0 Å². The second-order valence-corrected chi connectivity index (χ2v) is 5.35. The van der Waals surface area contributed by atoms with Crippen LogP contribution in [0.25, 0.3) is 0 Å². The minimum absolute atomic E-state index is 0.0653. The summed E-state index contributed by atoms with van der Waals surface area (Å²) in [5, 5.41) is 2.59. The van der Waals surface area contributed by atoms with Crippen LogP contribution in [-0.4, -0.2) is 16.8 Å². The third-order valence-electron chi connectivity index (χ3n) is 3.67.